The van der Waals surface area contributed by atoms with Gasteiger partial charge in [-0.25, -0.2) is 4.79 Å². The summed E-state index contributed by atoms with van der Waals surface area (Å²) in [6.07, 6.45) is 6.24. The van der Waals surface area contributed by atoms with Crippen molar-refractivity contribution < 1.29 is 9.90 Å². The van der Waals surface area contributed by atoms with Crippen molar-refractivity contribution in [2.24, 2.45) is 5.92 Å². The minimum atomic E-state index is -0.229. The maximum absolute atomic E-state index is 11.7. The number of urea groups is 1. The van der Waals surface area contributed by atoms with E-state index in [4.69, 9.17) is 11.6 Å². The van der Waals surface area contributed by atoms with Crippen LogP contribution in [0.1, 0.15) is 32.1 Å². The maximum atomic E-state index is 11.7. The predicted molar refractivity (Wildman–Crippen MR) is 76.7 cm³/mol. The predicted octanol–water partition coefficient (Wildman–Crippen LogP) is 3.75. The average Bonchev–Trinajstić information content (AvgIpc) is 2.42. The molecule has 1 aliphatic carbocycles. The second kappa shape index (κ2) is 6.66. The van der Waals surface area contributed by atoms with E-state index < -0.39 is 0 Å². The number of hydrogen-bond donors (Lipinski definition) is 3. The number of aromatic hydroxyl groups is 1. The van der Waals surface area contributed by atoms with Crippen LogP contribution in [0.3, 0.4) is 0 Å². The second-order valence-electron chi connectivity index (χ2n) is 5.01. The van der Waals surface area contributed by atoms with Crippen LogP contribution in [0.5, 0.6) is 5.75 Å². The quantitative estimate of drug-likeness (QED) is 0.740. The van der Waals surface area contributed by atoms with Gasteiger partial charge < -0.3 is 15.7 Å². The fourth-order valence-electron chi connectivity index (χ4n) is 2.39. The number of carbonyl (C=O) groups is 1. The molecular formula is C14H19ClN2O2. The molecule has 19 heavy (non-hydrogen) atoms. The summed E-state index contributed by atoms with van der Waals surface area (Å²) in [7, 11) is 0. The summed E-state index contributed by atoms with van der Waals surface area (Å²) in [6, 6.07) is 4.37. The Kier molecular flexibility index (Phi) is 4.91. The molecule has 1 fully saturated rings. The minimum absolute atomic E-state index is 0.00910. The third-order valence-electron chi connectivity index (χ3n) is 3.48. The molecule has 0 spiro atoms. The summed E-state index contributed by atoms with van der Waals surface area (Å²) in [5.74, 6) is 0.609. The number of hydrogen-bond acceptors (Lipinski definition) is 2. The van der Waals surface area contributed by atoms with Gasteiger partial charge in [0.15, 0.2) is 0 Å². The summed E-state index contributed by atoms with van der Waals surface area (Å²) in [5, 5.41) is 15.1. The Morgan fingerprint density at radius 1 is 1.32 bits per heavy atom. The molecule has 104 valence electrons. The first-order valence-corrected chi connectivity index (χ1v) is 7.06. The van der Waals surface area contributed by atoms with E-state index in [9.17, 15) is 9.90 Å². The van der Waals surface area contributed by atoms with Crippen molar-refractivity contribution in [1.29, 1.82) is 0 Å². The molecular weight excluding hydrogens is 264 g/mol. The summed E-state index contributed by atoms with van der Waals surface area (Å²) < 4.78 is 0. The van der Waals surface area contributed by atoms with E-state index in [1.807, 2.05) is 0 Å². The van der Waals surface area contributed by atoms with E-state index in [-0.39, 0.29) is 16.8 Å². The summed E-state index contributed by atoms with van der Waals surface area (Å²) in [5.41, 5.74) is 0.573. The fourth-order valence-corrected chi connectivity index (χ4v) is 2.57. The lowest BCUT2D eigenvalue weighted by Crippen LogP contribution is -2.33. The molecule has 0 atom stereocenters. The molecule has 0 saturated heterocycles. The number of rotatable bonds is 3. The number of phenols is 1. The normalized spacial score (nSPS) is 16.1. The Morgan fingerprint density at radius 2 is 2.05 bits per heavy atom. The zero-order chi connectivity index (χ0) is 13.7. The van der Waals surface area contributed by atoms with Crippen LogP contribution in [0, 0.1) is 5.92 Å². The molecule has 3 N–H and O–H groups in total. The first kappa shape index (κ1) is 14.0. The van der Waals surface area contributed by atoms with Crippen LogP contribution in [0.4, 0.5) is 10.5 Å². The van der Waals surface area contributed by atoms with Crippen LogP contribution >= 0.6 is 11.6 Å². The maximum Gasteiger partial charge on any atom is 0.319 e. The van der Waals surface area contributed by atoms with Crippen molar-refractivity contribution in [3.63, 3.8) is 0 Å². The molecule has 4 nitrogen and oxygen atoms in total. The molecule has 1 aromatic rings. The molecule has 5 heteroatoms. The van der Waals surface area contributed by atoms with Crippen LogP contribution in [-0.4, -0.2) is 17.7 Å². The number of nitrogens with one attached hydrogen (secondary N) is 2. The molecule has 1 saturated carbocycles. The molecule has 2 amide bonds. The number of benzene rings is 1. The van der Waals surface area contributed by atoms with Crippen molar-refractivity contribution in [3.8, 4) is 5.75 Å². The van der Waals surface area contributed by atoms with Gasteiger partial charge >= 0.3 is 6.03 Å². The Balaban J connectivity index is 1.78. The number of anilines is 1. The van der Waals surface area contributed by atoms with Crippen molar-refractivity contribution in [2.75, 3.05) is 11.9 Å². The molecule has 0 unspecified atom stereocenters. The Hall–Kier alpha value is -1.42. The van der Waals surface area contributed by atoms with Crippen LogP contribution in [0.2, 0.25) is 5.02 Å². The largest absolute Gasteiger partial charge is 0.506 e. The molecule has 0 heterocycles. The number of carbonyl (C=O) groups excluding carboxylic acids is 1. The van der Waals surface area contributed by atoms with E-state index in [0.717, 1.165) is 6.54 Å². The number of amides is 2. The highest BCUT2D eigenvalue weighted by Crippen LogP contribution is 2.26. The number of halogens is 1. The average molecular weight is 283 g/mol. The van der Waals surface area contributed by atoms with E-state index in [2.05, 4.69) is 10.6 Å². The lowest BCUT2D eigenvalue weighted by molar-refractivity contribution is 0.247. The van der Waals surface area contributed by atoms with E-state index >= 15 is 0 Å². The van der Waals surface area contributed by atoms with Crippen LogP contribution < -0.4 is 10.6 Å². The Morgan fingerprint density at radius 3 is 2.74 bits per heavy atom. The monoisotopic (exact) mass is 282 g/mol. The van der Waals surface area contributed by atoms with Gasteiger partial charge in [-0.2, -0.15) is 0 Å². The minimum Gasteiger partial charge on any atom is -0.506 e. The topological polar surface area (TPSA) is 61.4 Å². The van der Waals surface area contributed by atoms with E-state index in [1.165, 1.54) is 44.2 Å². The zero-order valence-electron chi connectivity index (χ0n) is 10.8. The first-order valence-electron chi connectivity index (χ1n) is 6.68. The van der Waals surface area contributed by atoms with Gasteiger partial charge in [0.2, 0.25) is 0 Å². The highest BCUT2D eigenvalue weighted by atomic mass is 35.5. The first-order chi connectivity index (χ1) is 9.15. The molecule has 0 bridgehead atoms. The highest BCUT2D eigenvalue weighted by molar-refractivity contribution is 6.32. The van der Waals surface area contributed by atoms with Gasteiger partial charge in [-0.3, -0.25) is 0 Å². The number of phenolic OH excluding ortho intramolecular Hbond substituents is 1. The Bertz CT molecular complexity index is 445. The molecule has 0 radical (unpaired) electrons. The van der Waals surface area contributed by atoms with Crippen molar-refractivity contribution in [3.05, 3.63) is 23.2 Å². The van der Waals surface area contributed by atoms with Gasteiger partial charge in [-0.1, -0.05) is 30.9 Å². The van der Waals surface area contributed by atoms with Gasteiger partial charge in [-0.05, 0) is 37.0 Å². The standard InChI is InChI=1S/C14H19ClN2O2/c15-12-8-11(6-7-13(12)18)17-14(19)16-9-10-4-2-1-3-5-10/h6-8,10,18H,1-5,9H2,(H2,16,17,19). The molecule has 2 rings (SSSR count). The van der Waals surface area contributed by atoms with Crippen LogP contribution in [0.25, 0.3) is 0 Å². The SMILES string of the molecule is O=C(NCC1CCCCC1)Nc1ccc(O)c(Cl)c1. The lowest BCUT2D eigenvalue weighted by atomic mass is 9.89. The van der Waals surface area contributed by atoms with E-state index in [1.54, 1.807) is 6.07 Å². The van der Waals surface area contributed by atoms with Crippen molar-refractivity contribution >= 4 is 23.3 Å². The fraction of sp³-hybridized carbons (Fsp3) is 0.500. The highest BCUT2D eigenvalue weighted by Gasteiger charge is 2.14. The van der Waals surface area contributed by atoms with Gasteiger partial charge in [0.1, 0.15) is 5.75 Å². The smallest absolute Gasteiger partial charge is 0.319 e. The molecule has 1 aromatic carbocycles. The Labute approximate surface area is 118 Å². The van der Waals surface area contributed by atoms with Crippen LogP contribution in [-0.2, 0) is 0 Å². The third-order valence-corrected chi connectivity index (χ3v) is 3.78. The second-order valence-corrected chi connectivity index (χ2v) is 5.41. The lowest BCUT2D eigenvalue weighted by Gasteiger charge is -2.21. The van der Waals surface area contributed by atoms with Gasteiger partial charge in [0.25, 0.3) is 0 Å². The van der Waals surface area contributed by atoms with Crippen molar-refractivity contribution in [2.45, 2.75) is 32.1 Å². The molecule has 0 aromatic heterocycles. The summed E-state index contributed by atoms with van der Waals surface area (Å²) in [4.78, 5) is 11.7. The van der Waals surface area contributed by atoms with Crippen molar-refractivity contribution in [1.82, 2.24) is 5.32 Å². The van der Waals surface area contributed by atoms with Gasteiger partial charge in [0.05, 0.1) is 5.02 Å². The molecule has 1 aliphatic rings. The summed E-state index contributed by atoms with van der Waals surface area (Å²) in [6.45, 7) is 0.720. The molecule has 0 aliphatic heterocycles. The van der Waals surface area contributed by atoms with E-state index in [0.29, 0.717) is 11.6 Å². The third kappa shape index (κ3) is 4.31. The van der Waals surface area contributed by atoms with Gasteiger partial charge in [0, 0.05) is 12.2 Å². The summed E-state index contributed by atoms with van der Waals surface area (Å²) >= 11 is 5.77. The zero-order valence-corrected chi connectivity index (χ0v) is 11.5. The van der Waals surface area contributed by atoms with Crippen LogP contribution in [0.15, 0.2) is 18.2 Å². The van der Waals surface area contributed by atoms with Gasteiger partial charge in [-0.15, -0.1) is 0 Å².